The molecule has 0 bridgehead atoms. The molecule has 0 spiro atoms. The Morgan fingerprint density at radius 1 is 1.19 bits per heavy atom. The SMILES string of the molecule is COC1C(C(OC2OC(C(=O)NCC(N)=O)=CC(O)C2O)C(N)=O)OC(n2ccc(=O)[nH]c2=O)C1OC. The molecule has 17 nitrogen and oxygen atoms in total. The Labute approximate surface area is 207 Å². The Kier molecular flexibility index (Phi) is 8.79. The number of aromatic amines is 1. The number of hydrogen-bond donors (Lipinski definition) is 6. The van der Waals surface area contributed by atoms with Gasteiger partial charge in [-0.15, -0.1) is 0 Å². The summed E-state index contributed by atoms with van der Waals surface area (Å²) in [4.78, 5) is 61.4. The molecule has 17 heteroatoms. The number of H-pyrrole nitrogens is 1. The number of amides is 3. The molecule has 8 unspecified atom stereocenters. The molecule has 2 aliphatic rings. The molecule has 0 saturated carbocycles. The number of aliphatic hydroxyl groups excluding tert-OH is 2. The molecule has 1 saturated heterocycles. The van der Waals surface area contributed by atoms with Crippen molar-refractivity contribution in [2.45, 2.75) is 49.1 Å². The van der Waals surface area contributed by atoms with Gasteiger partial charge >= 0.3 is 5.69 Å². The van der Waals surface area contributed by atoms with Crippen molar-refractivity contribution in [1.29, 1.82) is 0 Å². The minimum absolute atomic E-state index is 0.532. The molecule has 3 rings (SSSR count). The van der Waals surface area contributed by atoms with E-state index < -0.39 is 90.4 Å². The highest BCUT2D eigenvalue weighted by atomic mass is 16.7. The highest BCUT2D eigenvalue weighted by Gasteiger charge is 2.53. The van der Waals surface area contributed by atoms with Crippen molar-refractivity contribution < 1.29 is 48.3 Å². The van der Waals surface area contributed by atoms with Crippen LogP contribution < -0.4 is 28.0 Å². The van der Waals surface area contributed by atoms with Crippen molar-refractivity contribution in [1.82, 2.24) is 14.9 Å². The third-order valence-electron chi connectivity index (χ3n) is 5.60. The summed E-state index contributed by atoms with van der Waals surface area (Å²) in [5.41, 5.74) is 9.02. The van der Waals surface area contributed by atoms with E-state index in [0.29, 0.717) is 0 Å². The van der Waals surface area contributed by atoms with Gasteiger partial charge in [-0.2, -0.15) is 0 Å². The van der Waals surface area contributed by atoms with Gasteiger partial charge in [-0.05, 0) is 6.08 Å². The number of hydrogen-bond acceptors (Lipinski definition) is 12. The smallest absolute Gasteiger partial charge is 0.330 e. The number of nitrogens with zero attached hydrogens (tertiary/aromatic N) is 1. The van der Waals surface area contributed by atoms with E-state index in [0.717, 1.165) is 22.9 Å². The fraction of sp³-hybridized carbons (Fsp3) is 0.550. The molecule has 1 aromatic rings. The third-order valence-corrected chi connectivity index (χ3v) is 5.60. The van der Waals surface area contributed by atoms with Gasteiger partial charge in [0.05, 0.1) is 6.54 Å². The molecular weight excluding hydrogens is 502 g/mol. The number of primary amides is 2. The van der Waals surface area contributed by atoms with Crippen LogP contribution in [-0.4, -0.2) is 101 Å². The van der Waals surface area contributed by atoms with Gasteiger partial charge in [0.1, 0.15) is 30.5 Å². The number of nitrogens with two attached hydrogens (primary N) is 2. The second-order valence-corrected chi connectivity index (χ2v) is 8.02. The predicted octanol–water partition coefficient (Wildman–Crippen LogP) is -5.10. The van der Waals surface area contributed by atoms with Crippen LogP contribution in [0.5, 0.6) is 0 Å². The Balaban J connectivity index is 1.87. The van der Waals surface area contributed by atoms with Crippen LogP contribution in [-0.2, 0) is 38.1 Å². The number of nitrogens with one attached hydrogen (secondary N) is 2. The average molecular weight is 529 g/mol. The first-order chi connectivity index (χ1) is 17.5. The van der Waals surface area contributed by atoms with E-state index >= 15 is 0 Å². The van der Waals surface area contributed by atoms with Gasteiger partial charge in [0.2, 0.25) is 18.1 Å². The fourth-order valence-corrected chi connectivity index (χ4v) is 3.87. The lowest BCUT2D eigenvalue weighted by Crippen LogP contribution is -2.54. The number of rotatable bonds is 10. The van der Waals surface area contributed by atoms with E-state index in [1.807, 2.05) is 0 Å². The fourth-order valence-electron chi connectivity index (χ4n) is 3.87. The van der Waals surface area contributed by atoms with E-state index in [9.17, 15) is 34.2 Å². The van der Waals surface area contributed by atoms with E-state index in [1.54, 1.807) is 0 Å². The Hall–Kier alpha value is -3.61. The molecule has 204 valence electrons. The summed E-state index contributed by atoms with van der Waals surface area (Å²) >= 11 is 0. The van der Waals surface area contributed by atoms with Crippen LogP contribution in [0.4, 0.5) is 0 Å². The molecule has 1 fully saturated rings. The summed E-state index contributed by atoms with van der Waals surface area (Å²) in [5, 5.41) is 22.7. The van der Waals surface area contributed by atoms with E-state index in [-0.39, 0.29) is 0 Å². The molecule has 0 aromatic carbocycles. The van der Waals surface area contributed by atoms with Crippen LogP contribution in [0.2, 0.25) is 0 Å². The van der Waals surface area contributed by atoms with Gasteiger partial charge in [0.15, 0.2) is 18.1 Å². The molecule has 2 aliphatic heterocycles. The van der Waals surface area contributed by atoms with Crippen LogP contribution in [0.15, 0.2) is 33.7 Å². The minimum atomic E-state index is -1.82. The van der Waals surface area contributed by atoms with Crippen LogP contribution in [0.1, 0.15) is 6.23 Å². The van der Waals surface area contributed by atoms with Crippen molar-refractivity contribution in [3.8, 4) is 0 Å². The van der Waals surface area contributed by atoms with Gasteiger partial charge in [-0.3, -0.25) is 28.7 Å². The molecule has 3 amide bonds. The second kappa shape index (κ2) is 11.6. The first kappa shape index (κ1) is 28.0. The van der Waals surface area contributed by atoms with Crippen LogP contribution in [0.25, 0.3) is 0 Å². The lowest BCUT2D eigenvalue weighted by atomic mass is 10.0. The van der Waals surface area contributed by atoms with Crippen LogP contribution >= 0.6 is 0 Å². The van der Waals surface area contributed by atoms with Crippen molar-refractivity contribution in [3.63, 3.8) is 0 Å². The highest BCUT2D eigenvalue weighted by molar-refractivity contribution is 5.94. The second-order valence-electron chi connectivity index (χ2n) is 8.02. The predicted molar refractivity (Wildman–Crippen MR) is 118 cm³/mol. The molecule has 8 atom stereocenters. The lowest BCUT2D eigenvalue weighted by molar-refractivity contribution is -0.241. The normalized spacial score (nSPS) is 30.2. The third kappa shape index (κ3) is 6.04. The van der Waals surface area contributed by atoms with Gasteiger partial charge < -0.3 is 50.7 Å². The zero-order valence-corrected chi connectivity index (χ0v) is 19.6. The first-order valence-electron chi connectivity index (χ1n) is 10.8. The maximum atomic E-state index is 12.4. The largest absolute Gasteiger partial charge is 0.456 e. The average Bonchev–Trinajstić information content (AvgIpc) is 3.20. The summed E-state index contributed by atoms with van der Waals surface area (Å²) in [6, 6.07) is 1.07. The number of aliphatic hydroxyl groups is 2. The monoisotopic (exact) mass is 529 g/mol. The first-order valence-corrected chi connectivity index (χ1v) is 10.8. The highest BCUT2D eigenvalue weighted by Crippen LogP contribution is 2.35. The summed E-state index contributed by atoms with van der Waals surface area (Å²) < 4.78 is 28.6. The van der Waals surface area contributed by atoms with Gasteiger partial charge in [0.25, 0.3) is 11.5 Å². The van der Waals surface area contributed by atoms with Crippen molar-refractivity contribution in [2.75, 3.05) is 20.8 Å². The zero-order valence-electron chi connectivity index (χ0n) is 19.6. The van der Waals surface area contributed by atoms with E-state index in [4.69, 9.17) is 35.2 Å². The molecule has 1 aromatic heterocycles. The number of carbonyl (C=O) groups excluding carboxylic acids is 3. The number of aromatic nitrogens is 2. The summed E-state index contributed by atoms with van der Waals surface area (Å²) in [5.74, 6) is -3.45. The van der Waals surface area contributed by atoms with E-state index in [1.165, 1.54) is 14.2 Å². The standard InChI is InChI=1S/C20H27N5O12/c1-33-12-13(36-18(15(12)34-2)25-4-3-10(28)24-20(25)32)14(16(22)30)37-19-11(29)7(26)5-8(35-19)17(31)23-6-9(21)27/h3-5,7,11-15,18-19,26,29H,6H2,1-2H3,(H2,21,27)(H2,22,30)(H,23,31)(H,24,28,32). The van der Waals surface area contributed by atoms with E-state index in [2.05, 4.69) is 10.3 Å². The Morgan fingerprint density at radius 3 is 2.43 bits per heavy atom. The molecule has 0 radical (unpaired) electrons. The zero-order chi connectivity index (χ0) is 27.4. The molecule has 3 heterocycles. The summed E-state index contributed by atoms with van der Waals surface area (Å²) in [6.07, 6.45) is -9.66. The summed E-state index contributed by atoms with van der Waals surface area (Å²) in [7, 11) is 2.56. The number of carbonyl (C=O) groups is 3. The van der Waals surface area contributed by atoms with Crippen LogP contribution in [0.3, 0.4) is 0 Å². The van der Waals surface area contributed by atoms with Crippen LogP contribution in [0, 0.1) is 0 Å². The maximum absolute atomic E-state index is 12.4. The quantitative estimate of drug-likeness (QED) is 0.166. The number of ether oxygens (including phenoxy) is 5. The van der Waals surface area contributed by atoms with Gasteiger partial charge in [-0.25, -0.2) is 4.79 Å². The molecule has 8 N–H and O–H groups in total. The molecular formula is C20H27N5O12. The van der Waals surface area contributed by atoms with Gasteiger partial charge in [-0.1, -0.05) is 0 Å². The maximum Gasteiger partial charge on any atom is 0.330 e. The minimum Gasteiger partial charge on any atom is -0.456 e. The Bertz CT molecular complexity index is 1160. The lowest BCUT2D eigenvalue weighted by Gasteiger charge is -2.35. The van der Waals surface area contributed by atoms with Crippen molar-refractivity contribution in [2.24, 2.45) is 11.5 Å². The topological polar surface area (TPSA) is 257 Å². The molecule has 0 aliphatic carbocycles. The Morgan fingerprint density at radius 2 is 1.86 bits per heavy atom. The summed E-state index contributed by atoms with van der Waals surface area (Å²) in [6.45, 7) is -0.539. The van der Waals surface area contributed by atoms with Crippen molar-refractivity contribution in [3.05, 3.63) is 44.9 Å². The molecule has 37 heavy (non-hydrogen) atoms. The van der Waals surface area contributed by atoms with Gasteiger partial charge in [0, 0.05) is 26.5 Å². The van der Waals surface area contributed by atoms with Crippen molar-refractivity contribution >= 4 is 17.7 Å². The number of methoxy groups -OCH3 is 2.